The van der Waals surface area contributed by atoms with Crippen LogP contribution in [0, 0.1) is 0 Å². The molecule has 21 heavy (non-hydrogen) atoms. The standard InChI is InChI=1S/C15H17N3O2S/c1-9(14(19)20-2)21-15-17-12-6-4-3-5-11(12)13(18-15)16-10-7-8-10/h3-6,9-10H,7-8H2,1-2H3,(H,16,17,18). The van der Waals surface area contributed by atoms with Crippen molar-refractivity contribution in [3.8, 4) is 0 Å². The highest BCUT2D eigenvalue weighted by atomic mass is 32.2. The highest BCUT2D eigenvalue weighted by Gasteiger charge is 2.23. The molecule has 110 valence electrons. The van der Waals surface area contributed by atoms with Gasteiger partial charge in [0.15, 0.2) is 5.16 Å². The minimum absolute atomic E-state index is 0.270. The Kier molecular flexibility index (Phi) is 3.96. The Balaban J connectivity index is 1.93. The maximum atomic E-state index is 11.5. The lowest BCUT2D eigenvalue weighted by molar-refractivity contribution is -0.139. The van der Waals surface area contributed by atoms with Crippen molar-refractivity contribution in [3.63, 3.8) is 0 Å². The zero-order chi connectivity index (χ0) is 14.8. The summed E-state index contributed by atoms with van der Waals surface area (Å²) in [6, 6.07) is 8.42. The molecule has 0 spiro atoms. The van der Waals surface area contributed by atoms with Crippen LogP contribution in [0.15, 0.2) is 29.4 Å². The van der Waals surface area contributed by atoms with Gasteiger partial charge in [0.2, 0.25) is 0 Å². The van der Waals surface area contributed by atoms with E-state index >= 15 is 0 Å². The third-order valence-electron chi connectivity index (χ3n) is 3.32. The number of nitrogens with zero attached hydrogens (tertiary/aromatic N) is 2. The van der Waals surface area contributed by atoms with E-state index in [-0.39, 0.29) is 11.2 Å². The van der Waals surface area contributed by atoms with Gasteiger partial charge in [-0.3, -0.25) is 4.79 Å². The second-order valence-corrected chi connectivity index (χ2v) is 6.38. The first kappa shape index (κ1) is 14.1. The van der Waals surface area contributed by atoms with Crippen LogP contribution in [-0.2, 0) is 9.53 Å². The van der Waals surface area contributed by atoms with E-state index in [0.717, 1.165) is 16.7 Å². The number of aromatic nitrogens is 2. The molecule has 1 N–H and O–H groups in total. The lowest BCUT2D eigenvalue weighted by atomic mass is 10.2. The van der Waals surface area contributed by atoms with Gasteiger partial charge in [-0.05, 0) is 31.9 Å². The molecule has 0 radical (unpaired) electrons. The van der Waals surface area contributed by atoms with Crippen LogP contribution < -0.4 is 5.32 Å². The van der Waals surface area contributed by atoms with E-state index in [1.807, 2.05) is 24.3 Å². The van der Waals surface area contributed by atoms with Crippen LogP contribution in [0.25, 0.3) is 10.9 Å². The van der Waals surface area contributed by atoms with Gasteiger partial charge in [-0.1, -0.05) is 23.9 Å². The van der Waals surface area contributed by atoms with Gasteiger partial charge >= 0.3 is 5.97 Å². The molecule has 6 heteroatoms. The van der Waals surface area contributed by atoms with Gasteiger partial charge in [0.1, 0.15) is 11.1 Å². The van der Waals surface area contributed by atoms with Gasteiger partial charge in [0.25, 0.3) is 0 Å². The number of carbonyl (C=O) groups excluding carboxylic acids is 1. The van der Waals surface area contributed by atoms with E-state index in [1.54, 1.807) is 6.92 Å². The minimum atomic E-state index is -0.329. The second kappa shape index (κ2) is 5.89. The molecule has 2 aromatic rings. The van der Waals surface area contributed by atoms with Crippen molar-refractivity contribution < 1.29 is 9.53 Å². The molecule has 1 aromatic carbocycles. The molecule has 1 fully saturated rings. The van der Waals surface area contributed by atoms with Gasteiger partial charge in [-0.15, -0.1) is 0 Å². The van der Waals surface area contributed by atoms with Crippen molar-refractivity contribution in [3.05, 3.63) is 24.3 Å². The van der Waals surface area contributed by atoms with E-state index in [9.17, 15) is 4.79 Å². The first-order chi connectivity index (χ1) is 10.2. The number of rotatable bonds is 5. The summed E-state index contributed by atoms with van der Waals surface area (Å²) < 4.78 is 4.75. The largest absolute Gasteiger partial charge is 0.468 e. The van der Waals surface area contributed by atoms with Crippen LogP contribution in [-0.4, -0.2) is 34.3 Å². The average Bonchev–Trinajstić information content (AvgIpc) is 3.30. The van der Waals surface area contributed by atoms with Crippen molar-refractivity contribution in [2.24, 2.45) is 0 Å². The zero-order valence-corrected chi connectivity index (χ0v) is 12.8. The van der Waals surface area contributed by atoms with Crippen molar-refractivity contribution in [1.29, 1.82) is 0 Å². The second-order valence-electron chi connectivity index (χ2n) is 5.07. The third-order valence-corrected chi connectivity index (χ3v) is 4.26. The Hall–Kier alpha value is -1.82. The van der Waals surface area contributed by atoms with Gasteiger partial charge in [0.05, 0.1) is 12.6 Å². The molecule has 1 aromatic heterocycles. The molecule has 1 heterocycles. The summed E-state index contributed by atoms with van der Waals surface area (Å²) in [5, 5.41) is 4.71. The van der Waals surface area contributed by atoms with E-state index in [0.29, 0.717) is 11.2 Å². The Morgan fingerprint density at radius 1 is 1.38 bits per heavy atom. The fourth-order valence-corrected chi connectivity index (χ4v) is 2.81. The van der Waals surface area contributed by atoms with Crippen LogP contribution >= 0.6 is 11.8 Å². The number of fused-ring (bicyclic) bond motifs is 1. The number of esters is 1. The smallest absolute Gasteiger partial charge is 0.318 e. The van der Waals surface area contributed by atoms with E-state index in [1.165, 1.54) is 31.7 Å². The molecule has 1 aliphatic rings. The molecule has 1 unspecified atom stereocenters. The van der Waals surface area contributed by atoms with E-state index in [4.69, 9.17) is 4.74 Å². The number of hydrogen-bond acceptors (Lipinski definition) is 6. The number of nitrogens with one attached hydrogen (secondary N) is 1. The number of methoxy groups -OCH3 is 1. The highest BCUT2D eigenvalue weighted by molar-refractivity contribution is 8.00. The van der Waals surface area contributed by atoms with Crippen LogP contribution in [0.2, 0.25) is 0 Å². The van der Waals surface area contributed by atoms with E-state index < -0.39 is 0 Å². The molecular weight excluding hydrogens is 286 g/mol. The monoisotopic (exact) mass is 303 g/mol. The van der Waals surface area contributed by atoms with E-state index in [2.05, 4.69) is 15.3 Å². The van der Waals surface area contributed by atoms with Crippen molar-refractivity contribution >= 4 is 34.5 Å². The van der Waals surface area contributed by atoms with Gasteiger partial charge in [0, 0.05) is 11.4 Å². The number of hydrogen-bond donors (Lipinski definition) is 1. The summed E-state index contributed by atoms with van der Waals surface area (Å²) in [6.07, 6.45) is 2.36. The zero-order valence-electron chi connectivity index (χ0n) is 12.0. The average molecular weight is 303 g/mol. The summed E-state index contributed by atoms with van der Waals surface area (Å²) in [4.78, 5) is 20.6. The maximum Gasteiger partial charge on any atom is 0.318 e. The predicted octanol–water partition coefficient (Wildman–Crippen LogP) is 2.86. The number of thioether (sulfide) groups is 1. The SMILES string of the molecule is COC(=O)C(C)Sc1nc(NC2CC2)c2ccccc2n1. The molecule has 0 amide bonds. The number of carbonyl (C=O) groups is 1. The Morgan fingerprint density at radius 3 is 2.86 bits per heavy atom. The predicted molar refractivity (Wildman–Crippen MR) is 83.5 cm³/mol. The molecule has 5 nitrogen and oxygen atoms in total. The van der Waals surface area contributed by atoms with Crippen LogP contribution in [0.4, 0.5) is 5.82 Å². The van der Waals surface area contributed by atoms with Crippen LogP contribution in [0.3, 0.4) is 0 Å². The maximum absolute atomic E-state index is 11.5. The first-order valence-corrected chi connectivity index (χ1v) is 7.83. The number of anilines is 1. The Bertz CT molecular complexity index is 673. The molecule has 0 aliphatic heterocycles. The normalized spacial score (nSPS) is 15.7. The quantitative estimate of drug-likeness (QED) is 0.520. The summed E-state index contributed by atoms with van der Waals surface area (Å²) in [5.41, 5.74) is 0.884. The lowest BCUT2D eigenvalue weighted by Gasteiger charge is -2.12. The van der Waals surface area contributed by atoms with Gasteiger partial charge in [-0.25, -0.2) is 9.97 Å². The number of benzene rings is 1. The lowest BCUT2D eigenvalue weighted by Crippen LogP contribution is -2.15. The number of para-hydroxylation sites is 1. The highest BCUT2D eigenvalue weighted by Crippen LogP contribution is 2.30. The molecule has 1 atom stereocenters. The fourth-order valence-electron chi connectivity index (χ4n) is 2.01. The number of ether oxygens (including phenoxy) is 1. The molecule has 3 rings (SSSR count). The Labute approximate surface area is 127 Å². The topological polar surface area (TPSA) is 64.1 Å². The molecule has 0 bridgehead atoms. The van der Waals surface area contributed by atoms with Crippen molar-refractivity contribution in [2.75, 3.05) is 12.4 Å². The third kappa shape index (κ3) is 3.26. The summed E-state index contributed by atoms with van der Waals surface area (Å²) >= 11 is 1.32. The molecule has 1 aliphatic carbocycles. The first-order valence-electron chi connectivity index (χ1n) is 6.95. The van der Waals surface area contributed by atoms with Gasteiger partial charge in [-0.2, -0.15) is 0 Å². The summed E-state index contributed by atoms with van der Waals surface area (Å²) in [7, 11) is 1.39. The van der Waals surface area contributed by atoms with Crippen LogP contribution in [0.1, 0.15) is 19.8 Å². The summed E-state index contributed by atoms with van der Waals surface area (Å²) in [5.74, 6) is 0.580. The molecular formula is C15H17N3O2S. The van der Waals surface area contributed by atoms with Gasteiger partial charge < -0.3 is 10.1 Å². The summed E-state index contributed by atoms with van der Waals surface area (Å²) in [6.45, 7) is 1.79. The Morgan fingerprint density at radius 2 is 2.14 bits per heavy atom. The van der Waals surface area contributed by atoms with Crippen LogP contribution in [0.5, 0.6) is 0 Å². The van der Waals surface area contributed by atoms with Crippen molar-refractivity contribution in [2.45, 2.75) is 36.2 Å². The molecule has 1 saturated carbocycles. The fraction of sp³-hybridized carbons (Fsp3) is 0.400. The van der Waals surface area contributed by atoms with Crippen molar-refractivity contribution in [1.82, 2.24) is 9.97 Å². The molecule has 0 saturated heterocycles. The minimum Gasteiger partial charge on any atom is -0.468 e.